The molecule has 0 aliphatic carbocycles. The highest BCUT2D eigenvalue weighted by atomic mass is 19.1. The van der Waals surface area contributed by atoms with E-state index in [2.05, 4.69) is 5.32 Å². The van der Waals surface area contributed by atoms with Gasteiger partial charge < -0.3 is 10.2 Å². The Morgan fingerprint density at radius 3 is 2.41 bits per heavy atom. The molecule has 0 saturated carbocycles. The molecule has 5 nitrogen and oxygen atoms in total. The molecule has 140 valence electrons. The van der Waals surface area contributed by atoms with Gasteiger partial charge in [0.1, 0.15) is 12.1 Å². The number of nitrogens with one attached hydrogen (secondary N) is 1. The van der Waals surface area contributed by atoms with Crippen LogP contribution in [-0.2, 0) is 0 Å². The molecule has 2 aromatic rings. The molecule has 0 aromatic heterocycles. The predicted octanol–water partition coefficient (Wildman–Crippen LogP) is 2.92. The quantitative estimate of drug-likeness (QED) is 0.825. The van der Waals surface area contributed by atoms with Crippen LogP contribution >= 0.6 is 0 Å². The lowest BCUT2D eigenvalue weighted by Crippen LogP contribution is -2.43. The van der Waals surface area contributed by atoms with Crippen LogP contribution in [0.5, 0.6) is 0 Å². The fourth-order valence-corrected chi connectivity index (χ4v) is 3.24. The molecule has 1 fully saturated rings. The molecular formula is C21H21FN2O3. The zero-order valence-electron chi connectivity index (χ0n) is 14.9. The molecule has 1 N–H and O–H groups in total. The van der Waals surface area contributed by atoms with Crippen LogP contribution in [0.1, 0.15) is 43.9 Å². The second kappa shape index (κ2) is 8.58. The monoisotopic (exact) mass is 368 g/mol. The Kier molecular flexibility index (Phi) is 5.96. The molecule has 0 spiro atoms. The van der Waals surface area contributed by atoms with Crippen LogP contribution in [-0.4, -0.2) is 42.6 Å². The molecule has 0 radical (unpaired) electrons. The molecule has 1 aliphatic heterocycles. The first kappa shape index (κ1) is 18.8. The number of nitrogens with zero attached hydrogens (tertiary/aromatic N) is 1. The standard InChI is InChI=1S/C21H21FN2O3/c22-19-9-7-17(8-10-19)20(26)23-12-16-2-1-11-24(13-16)21(27)18-5-3-15(14-25)4-6-18/h3-10,14,16H,1-2,11-13H2,(H,23,26). The van der Waals surface area contributed by atoms with Crippen molar-refractivity contribution in [1.29, 1.82) is 0 Å². The Balaban J connectivity index is 1.55. The van der Waals surface area contributed by atoms with Crippen molar-refractivity contribution in [3.63, 3.8) is 0 Å². The second-order valence-electron chi connectivity index (χ2n) is 6.72. The van der Waals surface area contributed by atoms with Gasteiger partial charge in [0.15, 0.2) is 0 Å². The van der Waals surface area contributed by atoms with E-state index in [0.717, 1.165) is 19.1 Å². The predicted molar refractivity (Wildman–Crippen MR) is 99.2 cm³/mol. The van der Waals surface area contributed by atoms with E-state index in [4.69, 9.17) is 0 Å². The van der Waals surface area contributed by atoms with Gasteiger partial charge in [0.2, 0.25) is 0 Å². The molecule has 1 unspecified atom stereocenters. The maximum Gasteiger partial charge on any atom is 0.253 e. The minimum absolute atomic E-state index is 0.0676. The van der Waals surface area contributed by atoms with E-state index in [1.54, 1.807) is 29.2 Å². The third-order valence-corrected chi connectivity index (χ3v) is 4.76. The number of aldehydes is 1. The normalized spacial score (nSPS) is 16.6. The number of likely N-dealkylation sites (tertiary alicyclic amines) is 1. The number of benzene rings is 2. The number of rotatable bonds is 5. The lowest BCUT2D eigenvalue weighted by molar-refractivity contribution is 0.0670. The van der Waals surface area contributed by atoms with Gasteiger partial charge in [0.25, 0.3) is 11.8 Å². The Labute approximate surface area is 157 Å². The highest BCUT2D eigenvalue weighted by Gasteiger charge is 2.25. The minimum atomic E-state index is -0.380. The van der Waals surface area contributed by atoms with Gasteiger partial charge in [-0.15, -0.1) is 0 Å². The van der Waals surface area contributed by atoms with Gasteiger partial charge in [-0.05, 0) is 55.2 Å². The molecular weight excluding hydrogens is 347 g/mol. The van der Waals surface area contributed by atoms with Crippen molar-refractivity contribution in [2.75, 3.05) is 19.6 Å². The van der Waals surface area contributed by atoms with Crippen molar-refractivity contribution < 1.29 is 18.8 Å². The van der Waals surface area contributed by atoms with Gasteiger partial charge in [-0.2, -0.15) is 0 Å². The van der Waals surface area contributed by atoms with Gasteiger partial charge in [-0.3, -0.25) is 14.4 Å². The van der Waals surface area contributed by atoms with Gasteiger partial charge in [0, 0.05) is 36.3 Å². The molecule has 1 aliphatic rings. The molecule has 1 atom stereocenters. The first-order valence-electron chi connectivity index (χ1n) is 8.95. The van der Waals surface area contributed by atoms with Crippen LogP contribution in [0.2, 0.25) is 0 Å². The smallest absolute Gasteiger partial charge is 0.253 e. The van der Waals surface area contributed by atoms with Gasteiger partial charge in [-0.25, -0.2) is 4.39 Å². The van der Waals surface area contributed by atoms with Crippen LogP contribution < -0.4 is 5.32 Å². The molecule has 27 heavy (non-hydrogen) atoms. The van der Waals surface area contributed by atoms with Crippen molar-refractivity contribution in [2.24, 2.45) is 5.92 Å². The number of hydrogen-bond acceptors (Lipinski definition) is 3. The van der Waals surface area contributed by atoms with Crippen LogP contribution in [0.4, 0.5) is 4.39 Å². The third kappa shape index (κ3) is 4.78. The highest BCUT2D eigenvalue weighted by molar-refractivity contribution is 5.95. The fourth-order valence-electron chi connectivity index (χ4n) is 3.24. The second-order valence-corrected chi connectivity index (χ2v) is 6.72. The summed E-state index contributed by atoms with van der Waals surface area (Å²) in [5, 5.41) is 2.86. The van der Waals surface area contributed by atoms with Crippen molar-refractivity contribution in [2.45, 2.75) is 12.8 Å². The fraction of sp³-hybridized carbons (Fsp3) is 0.286. The summed E-state index contributed by atoms with van der Waals surface area (Å²) in [6.45, 7) is 1.71. The summed E-state index contributed by atoms with van der Waals surface area (Å²) in [5.41, 5.74) is 1.50. The van der Waals surface area contributed by atoms with Crippen molar-refractivity contribution >= 4 is 18.1 Å². The Hall–Kier alpha value is -3.02. The van der Waals surface area contributed by atoms with E-state index in [1.165, 1.54) is 24.3 Å². The molecule has 2 amide bonds. The zero-order valence-corrected chi connectivity index (χ0v) is 14.9. The van der Waals surface area contributed by atoms with Crippen LogP contribution in [0.3, 0.4) is 0 Å². The molecule has 2 aromatic carbocycles. The Bertz CT molecular complexity index is 818. The Morgan fingerprint density at radius 1 is 1.07 bits per heavy atom. The molecule has 0 bridgehead atoms. The summed E-state index contributed by atoms with van der Waals surface area (Å²) in [7, 11) is 0. The summed E-state index contributed by atoms with van der Waals surface area (Å²) in [6.07, 6.45) is 2.54. The van der Waals surface area contributed by atoms with Crippen molar-refractivity contribution in [3.05, 3.63) is 71.0 Å². The van der Waals surface area contributed by atoms with Crippen LogP contribution in [0.15, 0.2) is 48.5 Å². The number of amides is 2. The van der Waals surface area contributed by atoms with Crippen molar-refractivity contribution in [3.8, 4) is 0 Å². The van der Waals surface area contributed by atoms with E-state index in [9.17, 15) is 18.8 Å². The van der Waals surface area contributed by atoms with E-state index < -0.39 is 0 Å². The number of piperidine rings is 1. The summed E-state index contributed by atoms with van der Waals surface area (Å²) < 4.78 is 12.9. The van der Waals surface area contributed by atoms with E-state index in [0.29, 0.717) is 36.3 Å². The number of carbonyl (C=O) groups excluding carboxylic acids is 3. The average Bonchev–Trinajstić information content (AvgIpc) is 2.72. The van der Waals surface area contributed by atoms with Gasteiger partial charge in [0.05, 0.1) is 0 Å². The van der Waals surface area contributed by atoms with Crippen LogP contribution in [0.25, 0.3) is 0 Å². The van der Waals surface area contributed by atoms with E-state index in [-0.39, 0.29) is 23.5 Å². The summed E-state index contributed by atoms with van der Waals surface area (Å²) in [4.78, 5) is 37.3. The lowest BCUT2D eigenvalue weighted by Gasteiger charge is -2.33. The lowest BCUT2D eigenvalue weighted by atomic mass is 9.97. The van der Waals surface area contributed by atoms with E-state index in [1.807, 2.05) is 0 Å². The van der Waals surface area contributed by atoms with Crippen LogP contribution in [0, 0.1) is 11.7 Å². The maximum atomic E-state index is 12.9. The topological polar surface area (TPSA) is 66.5 Å². The molecule has 1 heterocycles. The van der Waals surface area contributed by atoms with Gasteiger partial charge in [-0.1, -0.05) is 12.1 Å². The summed E-state index contributed by atoms with van der Waals surface area (Å²) in [6, 6.07) is 12.0. The number of halogens is 1. The van der Waals surface area contributed by atoms with Gasteiger partial charge >= 0.3 is 0 Å². The first-order valence-corrected chi connectivity index (χ1v) is 8.95. The minimum Gasteiger partial charge on any atom is -0.352 e. The molecule has 6 heteroatoms. The summed E-state index contributed by atoms with van der Waals surface area (Å²) >= 11 is 0. The largest absolute Gasteiger partial charge is 0.352 e. The number of carbonyl (C=O) groups is 3. The van der Waals surface area contributed by atoms with E-state index >= 15 is 0 Å². The molecule has 1 saturated heterocycles. The van der Waals surface area contributed by atoms with Crippen molar-refractivity contribution in [1.82, 2.24) is 10.2 Å². The molecule has 3 rings (SSSR count). The average molecular weight is 368 g/mol. The summed E-state index contributed by atoms with van der Waals surface area (Å²) in [5.74, 6) is -0.527. The Morgan fingerprint density at radius 2 is 1.74 bits per heavy atom. The maximum absolute atomic E-state index is 12.9. The number of hydrogen-bond donors (Lipinski definition) is 1. The highest BCUT2D eigenvalue weighted by Crippen LogP contribution is 2.18. The third-order valence-electron chi connectivity index (χ3n) is 4.76. The SMILES string of the molecule is O=Cc1ccc(C(=O)N2CCCC(CNC(=O)c3ccc(F)cc3)C2)cc1. The first-order chi connectivity index (χ1) is 13.1. The zero-order chi connectivity index (χ0) is 19.2.